The number of carbonyl (C=O) groups excluding carboxylic acids is 2. The maximum absolute atomic E-state index is 12.7. The average molecular weight is 406 g/mol. The van der Waals surface area contributed by atoms with E-state index in [0.717, 1.165) is 12.8 Å². The molecule has 2 aromatic carbocycles. The highest BCUT2D eigenvalue weighted by atomic mass is 16.5. The first kappa shape index (κ1) is 19.9. The van der Waals surface area contributed by atoms with Gasteiger partial charge in [0, 0.05) is 5.39 Å². The molecule has 7 heteroatoms. The molecule has 1 aromatic heterocycles. The molecule has 2 N–H and O–H groups in total. The molecule has 0 radical (unpaired) electrons. The molecule has 1 aliphatic carbocycles. The number of anilines is 1. The SMILES string of the molecule is COC(=O)n1ncc2c(NC(=O)N[C@H]3CCc4cc(C(C)(C)C)ccc43)cccc21. The van der Waals surface area contributed by atoms with E-state index in [2.05, 4.69) is 54.7 Å². The summed E-state index contributed by atoms with van der Waals surface area (Å²) in [4.78, 5) is 24.5. The average Bonchev–Trinajstić information content (AvgIpc) is 3.31. The lowest BCUT2D eigenvalue weighted by molar-refractivity contribution is 0.170. The maximum Gasteiger partial charge on any atom is 0.434 e. The summed E-state index contributed by atoms with van der Waals surface area (Å²) in [6.45, 7) is 6.61. The molecule has 0 spiro atoms. The van der Waals surface area contributed by atoms with Crippen molar-refractivity contribution in [3.05, 3.63) is 59.3 Å². The normalized spacial score (nSPS) is 15.7. The van der Waals surface area contributed by atoms with Crippen LogP contribution in [0.3, 0.4) is 0 Å². The Morgan fingerprint density at radius 2 is 2.00 bits per heavy atom. The van der Waals surface area contributed by atoms with E-state index < -0.39 is 6.09 Å². The van der Waals surface area contributed by atoms with Gasteiger partial charge >= 0.3 is 12.1 Å². The van der Waals surface area contributed by atoms with Crippen molar-refractivity contribution in [2.75, 3.05) is 12.4 Å². The van der Waals surface area contributed by atoms with Gasteiger partial charge in [-0.25, -0.2) is 9.59 Å². The van der Waals surface area contributed by atoms with Crippen LogP contribution in [-0.2, 0) is 16.6 Å². The molecule has 1 heterocycles. The van der Waals surface area contributed by atoms with Crippen molar-refractivity contribution >= 4 is 28.7 Å². The van der Waals surface area contributed by atoms with Crippen molar-refractivity contribution < 1.29 is 14.3 Å². The van der Waals surface area contributed by atoms with E-state index in [1.54, 1.807) is 24.4 Å². The fourth-order valence-electron chi connectivity index (χ4n) is 3.94. The Hall–Kier alpha value is -3.35. The van der Waals surface area contributed by atoms with Crippen molar-refractivity contribution in [3.8, 4) is 0 Å². The summed E-state index contributed by atoms with van der Waals surface area (Å²) in [6, 6.07) is 11.5. The molecule has 4 rings (SSSR count). The van der Waals surface area contributed by atoms with Crippen LogP contribution in [0.5, 0.6) is 0 Å². The molecule has 30 heavy (non-hydrogen) atoms. The number of ether oxygens (including phenoxy) is 1. The van der Waals surface area contributed by atoms with Gasteiger partial charge in [-0.05, 0) is 47.1 Å². The molecule has 7 nitrogen and oxygen atoms in total. The first-order valence-electron chi connectivity index (χ1n) is 10.0. The molecule has 0 aliphatic heterocycles. The van der Waals surface area contributed by atoms with Crippen molar-refractivity contribution in [2.45, 2.75) is 45.1 Å². The number of fused-ring (bicyclic) bond motifs is 2. The number of nitrogens with zero attached hydrogens (tertiary/aromatic N) is 2. The Labute approximate surface area is 175 Å². The lowest BCUT2D eigenvalue weighted by atomic mass is 9.85. The van der Waals surface area contributed by atoms with Crippen LogP contribution in [0, 0.1) is 0 Å². The van der Waals surface area contributed by atoms with E-state index in [9.17, 15) is 9.59 Å². The number of aryl methyl sites for hydroxylation is 1. The summed E-state index contributed by atoms with van der Waals surface area (Å²) in [5.74, 6) is 0. The highest BCUT2D eigenvalue weighted by Crippen LogP contribution is 2.34. The van der Waals surface area contributed by atoms with Gasteiger partial charge in [-0.2, -0.15) is 9.78 Å². The van der Waals surface area contributed by atoms with Gasteiger partial charge in [0.1, 0.15) is 0 Å². The number of rotatable bonds is 2. The van der Waals surface area contributed by atoms with Crippen molar-refractivity contribution in [1.29, 1.82) is 0 Å². The highest BCUT2D eigenvalue weighted by Gasteiger charge is 2.26. The Morgan fingerprint density at radius 3 is 2.73 bits per heavy atom. The number of carbonyl (C=O) groups is 2. The first-order chi connectivity index (χ1) is 14.3. The fourth-order valence-corrected chi connectivity index (χ4v) is 3.94. The number of amides is 2. The molecule has 0 saturated heterocycles. The minimum Gasteiger partial charge on any atom is -0.451 e. The van der Waals surface area contributed by atoms with E-state index in [1.807, 2.05) is 0 Å². The second-order valence-corrected chi connectivity index (χ2v) is 8.62. The molecule has 2 amide bonds. The summed E-state index contributed by atoms with van der Waals surface area (Å²) >= 11 is 0. The Kier molecular flexibility index (Phi) is 4.97. The summed E-state index contributed by atoms with van der Waals surface area (Å²) < 4.78 is 5.90. The summed E-state index contributed by atoms with van der Waals surface area (Å²) in [7, 11) is 1.30. The molecular formula is C23H26N4O3. The van der Waals surface area contributed by atoms with Gasteiger partial charge in [0.2, 0.25) is 0 Å². The largest absolute Gasteiger partial charge is 0.451 e. The van der Waals surface area contributed by atoms with Gasteiger partial charge in [-0.15, -0.1) is 0 Å². The van der Waals surface area contributed by atoms with Crippen LogP contribution in [0.2, 0.25) is 0 Å². The van der Waals surface area contributed by atoms with Crippen LogP contribution in [0.15, 0.2) is 42.6 Å². The van der Waals surface area contributed by atoms with Crippen molar-refractivity contribution in [3.63, 3.8) is 0 Å². The minimum absolute atomic E-state index is 0.0222. The predicted molar refractivity (Wildman–Crippen MR) is 116 cm³/mol. The molecule has 1 aliphatic rings. The van der Waals surface area contributed by atoms with Crippen molar-refractivity contribution in [2.24, 2.45) is 0 Å². The van der Waals surface area contributed by atoms with Gasteiger partial charge < -0.3 is 15.4 Å². The third-order valence-electron chi connectivity index (χ3n) is 5.60. The monoisotopic (exact) mass is 406 g/mol. The minimum atomic E-state index is -0.580. The fraction of sp³-hybridized carbons (Fsp3) is 0.348. The number of urea groups is 1. The standard InChI is InChI=1S/C23H26N4O3/c1-23(2,3)15-9-10-16-14(12-15)8-11-19(16)26-21(28)25-18-6-5-7-20-17(18)13-24-27(20)22(29)30-4/h5-7,9-10,12-13,19H,8,11H2,1-4H3,(H2,25,26,28)/t19-/m0/s1. The molecule has 0 bridgehead atoms. The number of benzene rings is 2. The van der Waals surface area contributed by atoms with Crippen LogP contribution in [0.1, 0.15) is 49.9 Å². The molecule has 0 unspecified atom stereocenters. The van der Waals surface area contributed by atoms with Crippen LogP contribution < -0.4 is 10.6 Å². The van der Waals surface area contributed by atoms with E-state index in [4.69, 9.17) is 4.74 Å². The number of hydrogen-bond acceptors (Lipinski definition) is 4. The third kappa shape index (κ3) is 3.63. The quantitative estimate of drug-likeness (QED) is 0.643. The van der Waals surface area contributed by atoms with Gasteiger partial charge in [-0.1, -0.05) is 45.0 Å². The van der Waals surface area contributed by atoms with Gasteiger partial charge in [0.05, 0.1) is 30.6 Å². The molecule has 0 saturated carbocycles. The number of nitrogens with one attached hydrogen (secondary N) is 2. The number of aromatic nitrogens is 2. The first-order valence-corrected chi connectivity index (χ1v) is 10.0. The topological polar surface area (TPSA) is 85.2 Å². The zero-order valence-corrected chi connectivity index (χ0v) is 17.7. The van der Waals surface area contributed by atoms with E-state index >= 15 is 0 Å². The summed E-state index contributed by atoms with van der Waals surface area (Å²) in [6.07, 6.45) is 2.79. The van der Waals surface area contributed by atoms with E-state index in [1.165, 1.54) is 28.5 Å². The number of hydrogen-bond donors (Lipinski definition) is 2. The second-order valence-electron chi connectivity index (χ2n) is 8.62. The lowest BCUT2D eigenvalue weighted by Gasteiger charge is -2.21. The Bertz CT molecular complexity index is 1130. The zero-order chi connectivity index (χ0) is 21.5. The number of methoxy groups -OCH3 is 1. The maximum atomic E-state index is 12.7. The van der Waals surface area contributed by atoms with Gasteiger partial charge in [0.25, 0.3) is 0 Å². The highest BCUT2D eigenvalue weighted by molar-refractivity contribution is 6.02. The van der Waals surface area contributed by atoms with Gasteiger partial charge in [0.15, 0.2) is 0 Å². The van der Waals surface area contributed by atoms with Crippen LogP contribution in [0.25, 0.3) is 10.9 Å². The smallest absolute Gasteiger partial charge is 0.434 e. The van der Waals surface area contributed by atoms with Crippen LogP contribution in [-0.4, -0.2) is 29.0 Å². The Balaban J connectivity index is 1.51. The Morgan fingerprint density at radius 1 is 1.20 bits per heavy atom. The zero-order valence-electron chi connectivity index (χ0n) is 17.7. The van der Waals surface area contributed by atoms with Crippen LogP contribution >= 0.6 is 0 Å². The predicted octanol–water partition coefficient (Wildman–Crippen LogP) is 4.76. The molecule has 0 fully saturated rings. The van der Waals surface area contributed by atoms with E-state index in [0.29, 0.717) is 16.6 Å². The van der Waals surface area contributed by atoms with Crippen molar-refractivity contribution in [1.82, 2.24) is 15.1 Å². The summed E-state index contributed by atoms with van der Waals surface area (Å²) in [5.41, 5.74) is 5.04. The molecule has 3 aromatic rings. The third-order valence-corrected chi connectivity index (χ3v) is 5.60. The second kappa shape index (κ2) is 7.48. The molecular weight excluding hydrogens is 380 g/mol. The summed E-state index contributed by atoms with van der Waals surface area (Å²) in [5, 5.41) is 10.7. The molecule has 1 atom stereocenters. The molecule has 156 valence electrons. The van der Waals surface area contributed by atoms with E-state index in [-0.39, 0.29) is 17.5 Å². The lowest BCUT2D eigenvalue weighted by Crippen LogP contribution is -2.31. The van der Waals surface area contributed by atoms with Crippen LogP contribution in [0.4, 0.5) is 15.3 Å². The van der Waals surface area contributed by atoms with Gasteiger partial charge in [-0.3, -0.25) is 0 Å².